The maximum absolute atomic E-state index is 11.6. The molecule has 0 spiro atoms. The monoisotopic (exact) mass is 289 g/mol. The van der Waals surface area contributed by atoms with Gasteiger partial charge in [0.15, 0.2) is 5.13 Å². The molecule has 0 saturated heterocycles. The third-order valence-electron chi connectivity index (χ3n) is 2.17. The predicted octanol–water partition coefficient (Wildman–Crippen LogP) is 3.32. The minimum atomic E-state index is -0.321. The number of nitrogens with zero attached hydrogens (tertiary/aromatic N) is 2. The fraction of sp³-hybridized carbons (Fsp3) is 0. The summed E-state index contributed by atoms with van der Waals surface area (Å²) in [5.74, 6) is -0.321. The molecule has 1 N–H and O–H groups in total. The zero-order valence-electron chi connectivity index (χ0n) is 9.63. The maximum atomic E-state index is 11.6. The molecule has 6 heteroatoms. The second kappa shape index (κ2) is 6.14. The Morgan fingerprint density at radius 2 is 2.26 bits per heavy atom. The predicted molar refractivity (Wildman–Crippen MR) is 75.9 cm³/mol. The van der Waals surface area contributed by atoms with Gasteiger partial charge in [0.05, 0.1) is 6.20 Å². The van der Waals surface area contributed by atoms with Gasteiger partial charge in [0.25, 0.3) is 0 Å². The molecule has 0 bridgehead atoms. The van der Waals surface area contributed by atoms with Gasteiger partial charge in [-0.15, -0.1) is 0 Å². The molecule has 94 valence electrons. The van der Waals surface area contributed by atoms with Crippen LogP contribution in [0.15, 0.2) is 36.5 Å². The van der Waals surface area contributed by atoms with Crippen LogP contribution < -0.4 is 5.32 Å². The summed E-state index contributed by atoms with van der Waals surface area (Å²) >= 11 is 7.08. The number of hydrogen-bond donors (Lipinski definition) is 1. The molecule has 0 fully saturated rings. The molecule has 0 unspecified atom stereocenters. The van der Waals surface area contributed by atoms with Gasteiger partial charge in [-0.05, 0) is 17.7 Å². The topological polar surface area (TPSA) is 65.8 Å². The number of benzene rings is 1. The molecule has 1 amide bonds. The number of carbonyl (C=O) groups excluding carboxylic acids is 1. The molecule has 1 aromatic heterocycles. The second-order valence-electron chi connectivity index (χ2n) is 3.49. The van der Waals surface area contributed by atoms with Crippen LogP contribution in [0.3, 0.4) is 0 Å². The van der Waals surface area contributed by atoms with Crippen molar-refractivity contribution < 1.29 is 4.79 Å². The van der Waals surface area contributed by atoms with Crippen molar-refractivity contribution in [3.05, 3.63) is 52.0 Å². The van der Waals surface area contributed by atoms with Crippen LogP contribution >= 0.6 is 22.9 Å². The highest BCUT2D eigenvalue weighted by Gasteiger charge is 2.03. The van der Waals surface area contributed by atoms with Crippen molar-refractivity contribution in [3.8, 4) is 6.07 Å². The number of carbonyl (C=O) groups is 1. The molecule has 1 heterocycles. The van der Waals surface area contributed by atoms with Gasteiger partial charge in [0.1, 0.15) is 10.9 Å². The molecule has 0 aliphatic rings. The Hall–Kier alpha value is -2.16. The summed E-state index contributed by atoms with van der Waals surface area (Å²) < 4.78 is 0. The summed E-state index contributed by atoms with van der Waals surface area (Å²) in [7, 11) is 0. The third kappa shape index (κ3) is 3.65. The first-order valence-electron chi connectivity index (χ1n) is 5.28. The van der Waals surface area contributed by atoms with Crippen molar-refractivity contribution in [3.63, 3.8) is 0 Å². The largest absolute Gasteiger partial charge is 0.298 e. The van der Waals surface area contributed by atoms with E-state index in [1.807, 2.05) is 24.3 Å². The molecule has 1 aromatic carbocycles. The van der Waals surface area contributed by atoms with E-state index in [1.165, 1.54) is 12.3 Å². The molecule has 2 aromatic rings. The molecule has 0 radical (unpaired) electrons. The number of nitrogens with one attached hydrogen (secondary N) is 1. The zero-order valence-corrected chi connectivity index (χ0v) is 11.2. The van der Waals surface area contributed by atoms with Gasteiger partial charge < -0.3 is 0 Å². The summed E-state index contributed by atoms with van der Waals surface area (Å²) in [6.45, 7) is 0. The highest BCUT2D eigenvalue weighted by Crippen LogP contribution is 2.18. The molecule has 0 atom stereocenters. The lowest BCUT2D eigenvalue weighted by Gasteiger charge is -1.97. The van der Waals surface area contributed by atoms with E-state index in [0.29, 0.717) is 15.0 Å². The van der Waals surface area contributed by atoms with Crippen molar-refractivity contribution in [1.29, 1.82) is 5.26 Å². The van der Waals surface area contributed by atoms with Crippen LogP contribution in [-0.4, -0.2) is 10.9 Å². The molecular weight excluding hydrogens is 282 g/mol. The Morgan fingerprint density at radius 3 is 2.95 bits per heavy atom. The van der Waals surface area contributed by atoms with Gasteiger partial charge in [-0.2, -0.15) is 5.26 Å². The highest BCUT2D eigenvalue weighted by molar-refractivity contribution is 7.16. The average Bonchev–Trinajstić information content (AvgIpc) is 2.85. The lowest BCUT2D eigenvalue weighted by atomic mass is 10.2. The van der Waals surface area contributed by atoms with Crippen LogP contribution in [0.5, 0.6) is 0 Å². The van der Waals surface area contributed by atoms with Gasteiger partial charge in [0.2, 0.25) is 5.91 Å². The van der Waals surface area contributed by atoms with E-state index < -0.39 is 0 Å². The van der Waals surface area contributed by atoms with E-state index in [0.717, 1.165) is 16.9 Å². The van der Waals surface area contributed by atoms with E-state index in [-0.39, 0.29) is 5.91 Å². The summed E-state index contributed by atoms with van der Waals surface area (Å²) in [4.78, 5) is 16.0. The summed E-state index contributed by atoms with van der Waals surface area (Å²) in [6, 6.07) is 9.17. The Kier molecular flexibility index (Phi) is 4.29. The number of nitriles is 1. The fourth-order valence-electron chi connectivity index (χ4n) is 1.31. The van der Waals surface area contributed by atoms with Gasteiger partial charge in [-0.1, -0.05) is 41.1 Å². The minimum absolute atomic E-state index is 0.321. The quantitative estimate of drug-likeness (QED) is 0.882. The Morgan fingerprint density at radius 1 is 1.47 bits per heavy atom. The van der Waals surface area contributed by atoms with Crippen LogP contribution in [0.4, 0.5) is 5.13 Å². The summed E-state index contributed by atoms with van der Waals surface area (Å²) in [5, 5.41) is 12.2. The molecule has 2 rings (SSSR count). The van der Waals surface area contributed by atoms with E-state index in [2.05, 4.69) is 10.3 Å². The highest BCUT2D eigenvalue weighted by atomic mass is 35.5. The van der Waals surface area contributed by atoms with Crippen molar-refractivity contribution in [2.24, 2.45) is 0 Å². The van der Waals surface area contributed by atoms with Crippen LogP contribution in [0.25, 0.3) is 6.08 Å². The van der Waals surface area contributed by atoms with E-state index in [4.69, 9.17) is 16.9 Å². The average molecular weight is 290 g/mol. The van der Waals surface area contributed by atoms with E-state index in [9.17, 15) is 4.79 Å². The fourth-order valence-corrected chi connectivity index (χ4v) is 2.12. The van der Waals surface area contributed by atoms with Gasteiger partial charge in [-0.3, -0.25) is 10.1 Å². The first-order chi connectivity index (χ1) is 9.19. The van der Waals surface area contributed by atoms with E-state index in [1.54, 1.807) is 12.1 Å². The lowest BCUT2D eigenvalue weighted by Crippen LogP contribution is -2.07. The van der Waals surface area contributed by atoms with Crippen LogP contribution in [-0.2, 0) is 4.79 Å². The molecule has 4 nitrogen and oxygen atoms in total. The van der Waals surface area contributed by atoms with Crippen LogP contribution in [0.1, 0.15) is 10.4 Å². The number of hydrogen-bond acceptors (Lipinski definition) is 4. The lowest BCUT2D eigenvalue weighted by molar-refractivity contribution is -0.111. The summed E-state index contributed by atoms with van der Waals surface area (Å²) in [6.07, 6.45) is 4.41. The second-order valence-corrected chi connectivity index (χ2v) is 4.92. The third-order valence-corrected chi connectivity index (χ3v) is 3.33. The standard InChI is InChI=1S/C13H8ClN3OS/c14-11-4-2-1-3-9(11)5-6-12(18)17-13-16-8-10(7-15)19-13/h1-6,8H,(H,16,17,18)/b6-5+. The van der Waals surface area contributed by atoms with E-state index >= 15 is 0 Å². The van der Waals surface area contributed by atoms with Crippen molar-refractivity contribution in [2.75, 3.05) is 5.32 Å². The van der Waals surface area contributed by atoms with Crippen molar-refractivity contribution in [2.45, 2.75) is 0 Å². The van der Waals surface area contributed by atoms with Crippen molar-refractivity contribution in [1.82, 2.24) is 4.98 Å². The number of halogens is 1. The zero-order chi connectivity index (χ0) is 13.7. The molecule has 0 saturated carbocycles. The van der Waals surface area contributed by atoms with Crippen molar-refractivity contribution >= 4 is 40.1 Å². The molecule has 0 aliphatic carbocycles. The first-order valence-corrected chi connectivity index (χ1v) is 6.48. The van der Waals surface area contributed by atoms with Gasteiger partial charge >= 0.3 is 0 Å². The minimum Gasteiger partial charge on any atom is -0.298 e. The number of amides is 1. The number of thiazole rings is 1. The maximum Gasteiger partial charge on any atom is 0.250 e. The molecule has 0 aliphatic heterocycles. The number of rotatable bonds is 3. The van der Waals surface area contributed by atoms with Gasteiger partial charge in [-0.25, -0.2) is 4.98 Å². The number of aromatic nitrogens is 1. The SMILES string of the molecule is N#Cc1cnc(NC(=O)/C=C/c2ccccc2Cl)s1. The Bertz CT molecular complexity index is 673. The van der Waals surface area contributed by atoms with Crippen LogP contribution in [0.2, 0.25) is 5.02 Å². The van der Waals surface area contributed by atoms with Gasteiger partial charge in [0, 0.05) is 11.1 Å². The normalized spacial score (nSPS) is 10.3. The summed E-state index contributed by atoms with van der Waals surface area (Å²) in [5.41, 5.74) is 0.760. The first kappa shape index (κ1) is 13.3. The number of anilines is 1. The Labute approximate surface area is 119 Å². The van der Waals surface area contributed by atoms with Crippen LogP contribution in [0, 0.1) is 11.3 Å². The smallest absolute Gasteiger partial charge is 0.250 e. The Balaban J connectivity index is 2.02. The molecule has 19 heavy (non-hydrogen) atoms. The molecular formula is C13H8ClN3OS.